The van der Waals surface area contributed by atoms with Crippen LogP contribution in [0, 0.1) is 5.92 Å². The van der Waals surface area contributed by atoms with Crippen molar-refractivity contribution in [2.75, 3.05) is 13.1 Å². The maximum absolute atomic E-state index is 6.20. The van der Waals surface area contributed by atoms with E-state index in [0.717, 1.165) is 13.1 Å². The normalized spacial score (nSPS) is 21.6. The second-order valence-electron chi connectivity index (χ2n) is 3.63. The van der Waals surface area contributed by atoms with Crippen molar-refractivity contribution < 1.29 is 0 Å². The van der Waals surface area contributed by atoms with Crippen LogP contribution in [0.25, 0.3) is 0 Å². The second kappa shape index (κ2) is 4.22. The van der Waals surface area contributed by atoms with Crippen molar-refractivity contribution >= 4 is 11.3 Å². The lowest BCUT2D eigenvalue weighted by Crippen LogP contribution is -2.33. The quantitative estimate of drug-likeness (QED) is 0.756. The first-order valence-electron chi connectivity index (χ1n) is 4.87. The minimum absolute atomic E-state index is 0.266. The summed E-state index contributed by atoms with van der Waals surface area (Å²) >= 11 is 1.78. The molecule has 0 aromatic carbocycles. The first kappa shape index (κ1) is 9.19. The summed E-state index contributed by atoms with van der Waals surface area (Å²) in [5.74, 6) is 0.680. The van der Waals surface area contributed by atoms with Crippen LogP contribution in [0.3, 0.4) is 0 Å². The Hall–Kier alpha value is -0.380. The van der Waals surface area contributed by atoms with Crippen molar-refractivity contribution in [1.29, 1.82) is 0 Å². The van der Waals surface area contributed by atoms with Gasteiger partial charge in [-0.1, -0.05) is 6.07 Å². The highest BCUT2D eigenvalue weighted by atomic mass is 32.1. The number of piperidine rings is 1. The van der Waals surface area contributed by atoms with Gasteiger partial charge < -0.3 is 11.1 Å². The molecule has 2 rings (SSSR count). The molecule has 0 saturated carbocycles. The molecule has 3 heteroatoms. The molecule has 3 N–H and O–H groups in total. The number of nitrogens with one attached hydrogen (secondary N) is 1. The van der Waals surface area contributed by atoms with Gasteiger partial charge in [-0.05, 0) is 43.3 Å². The molecule has 1 fully saturated rings. The van der Waals surface area contributed by atoms with Crippen LogP contribution >= 0.6 is 11.3 Å². The third-order valence-corrected chi connectivity index (χ3v) is 3.74. The molecule has 1 aliphatic rings. The van der Waals surface area contributed by atoms with Crippen molar-refractivity contribution in [3.63, 3.8) is 0 Å². The monoisotopic (exact) mass is 196 g/mol. The minimum atomic E-state index is 0.266. The molecule has 1 aromatic heterocycles. The van der Waals surface area contributed by atoms with E-state index >= 15 is 0 Å². The highest BCUT2D eigenvalue weighted by molar-refractivity contribution is 7.10. The van der Waals surface area contributed by atoms with Crippen molar-refractivity contribution in [3.8, 4) is 0 Å². The number of thiophene rings is 1. The Morgan fingerprint density at radius 2 is 2.23 bits per heavy atom. The fourth-order valence-corrected chi connectivity index (χ4v) is 2.74. The topological polar surface area (TPSA) is 38.0 Å². The van der Waals surface area contributed by atoms with Gasteiger partial charge in [-0.25, -0.2) is 0 Å². The van der Waals surface area contributed by atoms with Crippen molar-refractivity contribution in [2.24, 2.45) is 11.7 Å². The van der Waals surface area contributed by atoms with Crippen LogP contribution in [0.15, 0.2) is 17.5 Å². The van der Waals surface area contributed by atoms with Crippen molar-refractivity contribution in [2.45, 2.75) is 18.9 Å². The molecule has 0 spiro atoms. The minimum Gasteiger partial charge on any atom is -0.323 e. The SMILES string of the molecule is NC(c1cccs1)C1CCNCC1. The van der Waals surface area contributed by atoms with E-state index in [2.05, 4.69) is 22.8 Å². The standard InChI is InChI=1S/C10H16N2S/c11-10(9-2-1-7-13-9)8-3-5-12-6-4-8/h1-2,7-8,10,12H,3-6,11H2. The highest BCUT2D eigenvalue weighted by Gasteiger charge is 2.21. The Balaban J connectivity index is 1.99. The van der Waals surface area contributed by atoms with E-state index in [-0.39, 0.29) is 6.04 Å². The zero-order valence-corrected chi connectivity index (χ0v) is 8.52. The zero-order chi connectivity index (χ0) is 9.10. The second-order valence-corrected chi connectivity index (χ2v) is 4.61. The van der Waals surface area contributed by atoms with Crippen LogP contribution in [0.5, 0.6) is 0 Å². The van der Waals surface area contributed by atoms with Crippen molar-refractivity contribution in [3.05, 3.63) is 22.4 Å². The van der Waals surface area contributed by atoms with Gasteiger partial charge in [-0.15, -0.1) is 11.3 Å². The molecule has 0 aliphatic carbocycles. The Morgan fingerprint density at radius 3 is 2.85 bits per heavy atom. The predicted molar refractivity (Wildman–Crippen MR) is 56.8 cm³/mol. The predicted octanol–water partition coefficient (Wildman–Crippen LogP) is 1.75. The van der Waals surface area contributed by atoms with Crippen LogP contribution in [0.1, 0.15) is 23.8 Å². The molecule has 1 saturated heterocycles. The number of nitrogens with two attached hydrogens (primary N) is 1. The first-order chi connectivity index (χ1) is 6.38. The summed E-state index contributed by atoms with van der Waals surface area (Å²) in [7, 11) is 0. The van der Waals surface area contributed by atoms with Crippen molar-refractivity contribution in [1.82, 2.24) is 5.32 Å². The molecule has 1 atom stereocenters. The number of rotatable bonds is 2. The van der Waals surface area contributed by atoms with Crippen LogP contribution in [0.2, 0.25) is 0 Å². The fourth-order valence-electron chi connectivity index (χ4n) is 1.92. The number of hydrogen-bond donors (Lipinski definition) is 2. The molecule has 0 amide bonds. The molecule has 1 unspecified atom stereocenters. The number of hydrogen-bond acceptors (Lipinski definition) is 3. The van der Waals surface area contributed by atoms with Crippen LogP contribution in [-0.2, 0) is 0 Å². The van der Waals surface area contributed by atoms with E-state index < -0.39 is 0 Å². The van der Waals surface area contributed by atoms with Crippen LogP contribution < -0.4 is 11.1 Å². The van der Waals surface area contributed by atoms with E-state index in [1.165, 1.54) is 17.7 Å². The fraction of sp³-hybridized carbons (Fsp3) is 0.600. The summed E-state index contributed by atoms with van der Waals surface area (Å²) in [5.41, 5.74) is 6.20. The average molecular weight is 196 g/mol. The summed E-state index contributed by atoms with van der Waals surface area (Å²) < 4.78 is 0. The smallest absolute Gasteiger partial charge is 0.0419 e. The maximum Gasteiger partial charge on any atom is 0.0419 e. The van der Waals surface area contributed by atoms with Gasteiger partial charge >= 0.3 is 0 Å². The molecule has 1 aromatic rings. The lowest BCUT2D eigenvalue weighted by molar-refractivity contribution is 0.325. The molecule has 13 heavy (non-hydrogen) atoms. The summed E-state index contributed by atoms with van der Waals surface area (Å²) in [4.78, 5) is 1.34. The summed E-state index contributed by atoms with van der Waals surface area (Å²) in [5, 5.41) is 5.47. The van der Waals surface area contributed by atoms with Gasteiger partial charge in [-0.2, -0.15) is 0 Å². The lowest BCUT2D eigenvalue weighted by Gasteiger charge is -2.27. The van der Waals surface area contributed by atoms with Crippen LogP contribution in [-0.4, -0.2) is 13.1 Å². The molecule has 0 radical (unpaired) electrons. The van der Waals surface area contributed by atoms with Crippen LogP contribution in [0.4, 0.5) is 0 Å². The highest BCUT2D eigenvalue weighted by Crippen LogP contribution is 2.29. The summed E-state index contributed by atoms with van der Waals surface area (Å²) in [6, 6.07) is 4.50. The zero-order valence-electron chi connectivity index (χ0n) is 7.70. The van der Waals surface area contributed by atoms with Gasteiger partial charge in [0.1, 0.15) is 0 Å². The van der Waals surface area contributed by atoms with E-state index in [1.54, 1.807) is 11.3 Å². The van der Waals surface area contributed by atoms with E-state index in [1.807, 2.05) is 0 Å². The first-order valence-corrected chi connectivity index (χ1v) is 5.75. The molecular weight excluding hydrogens is 180 g/mol. The van der Waals surface area contributed by atoms with E-state index in [0.29, 0.717) is 5.92 Å². The third-order valence-electron chi connectivity index (χ3n) is 2.76. The molecule has 0 bridgehead atoms. The molecule has 1 aliphatic heterocycles. The molecular formula is C10H16N2S. The third kappa shape index (κ3) is 2.10. The van der Waals surface area contributed by atoms with Gasteiger partial charge in [0, 0.05) is 10.9 Å². The average Bonchev–Trinajstić information content (AvgIpc) is 2.71. The largest absolute Gasteiger partial charge is 0.323 e. The Kier molecular flexibility index (Phi) is 2.98. The molecule has 2 nitrogen and oxygen atoms in total. The van der Waals surface area contributed by atoms with Gasteiger partial charge in [0.15, 0.2) is 0 Å². The lowest BCUT2D eigenvalue weighted by atomic mass is 9.90. The van der Waals surface area contributed by atoms with E-state index in [4.69, 9.17) is 5.73 Å². The maximum atomic E-state index is 6.20. The Labute approximate surface area is 83.1 Å². The molecule has 72 valence electrons. The van der Waals surface area contributed by atoms with Gasteiger partial charge in [0.05, 0.1) is 0 Å². The summed E-state index contributed by atoms with van der Waals surface area (Å²) in [6.45, 7) is 2.26. The Morgan fingerprint density at radius 1 is 1.46 bits per heavy atom. The Bertz CT molecular complexity index is 239. The van der Waals surface area contributed by atoms with Gasteiger partial charge in [0.2, 0.25) is 0 Å². The van der Waals surface area contributed by atoms with E-state index in [9.17, 15) is 0 Å². The van der Waals surface area contributed by atoms with Gasteiger partial charge in [-0.3, -0.25) is 0 Å². The summed E-state index contributed by atoms with van der Waals surface area (Å²) in [6.07, 6.45) is 2.44. The van der Waals surface area contributed by atoms with Gasteiger partial charge in [0.25, 0.3) is 0 Å². The molecule has 2 heterocycles.